The zero-order valence-electron chi connectivity index (χ0n) is 10.5. The molecule has 0 aliphatic carbocycles. The molecule has 0 atom stereocenters. The highest BCUT2D eigenvalue weighted by molar-refractivity contribution is 5.21. The van der Waals surface area contributed by atoms with Crippen LogP contribution >= 0.6 is 0 Å². The number of hydrogen-bond donors (Lipinski definition) is 1. The number of nitrogens with two attached hydrogens (primary N) is 1. The summed E-state index contributed by atoms with van der Waals surface area (Å²) in [5.41, 5.74) is 2.83. The first kappa shape index (κ1) is 13.2. The molecule has 2 heteroatoms. The third-order valence-electron chi connectivity index (χ3n) is 2.71. The second-order valence-electron chi connectivity index (χ2n) is 4.00. The fourth-order valence-corrected chi connectivity index (χ4v) is 1.65. The Labute approximate surface area is 99.0 Å². The molecule has 0 unspecified atom stereocenters. The molecule has 1 aromatic rings. The third kappa shape index (κ3) is 5.29. The van der Waals surface area contributed by atoms with Gasteiger partial charge in [-0.15, -0.1) is 0 Å². The Kier molecular flexibility index (Phi) is 6.86. The van der Waals surface area contributed by atoms with E-state index in [2.05, 4.69) is 36.5 Å². The lowest BCUT2D eigenvalue weighted by Gasteiger charge is -2.03. The number of aryl methyl sites for hydroxylation is 1. The number of quaternary nitrogens is 1. The molecule has 0 aliphatic heterocycles. The van der Waals surface area contributed by atoms with E-state index in [1.54, 1.807) is 0 Å². The first-order chi connectivity index (χ1) is 7.86. The molecular formula is C14H24NO+. The molecule has 0 bridgehead atoms. The van der Waals surface area contributed by atoms with Gasteiger partial charge in [0.1, 0.15) is 6.54 Å². The summed E-state index contributed by atoms with van der Waals surface area (Å²) in [5.74, 6) is 0. The van der Waals surface area contributed by atoms with E-state index in [1.165, 1.54) is 11.1 Å². The summed E-state index contributed by atoms with van der Waals surface area (Å²) in [7, 11) is 0. The predicted molar refractivity (Wildman–Crippen MR) is 67.4 cm³/mol. The van der Waals surface area contributed by atoms with Crippen LogP contribution in [0.1, 0.15) is 31.4 Å². The fourth-order valence-electron chi connectivity index (χ4n) is 1.65. The summed E-state index contributed by atoms with van der Waals surface area (Å²) in [5, 5.41) is 2.35. The van der Waals surface area contributed by atoms with Gasteiger partial charge in [-0.25, -0.2) is 0 Å². The van der Waals surface area contributed by atoms with Crippen molar-refractivity contribution in [2.45, 2.75) is 33.2 Å². The van der Waals surface area contributed by atoms with Gasteiger partial charge in [-0.1, -0.05) is 31.2 Å². The van der Waals surface area contributed by atoms with Gasteiger partial charge in [0.05, 0.1) is 13.2 Å². The summed E-state index contributed by atoms with van der Waals surface area (Å²) in [4.78, 5) is 0. The fraction of sp³-hybridized carbons (Fsp3) is 0.571. The SMILES string of the molecule is CCOCCC[NH2+]Cc1ccc(CC)cc1. The molecule has 1 aromatic carbocycles. The topological polar surface area (TPSA) is 25.8 Å². The number of hydrogen-bond acceptors (Lipinski definition) is 1. The van der Waals surface area contributed by atoms with Gasteiger partial charge < -0.3 is 10.1 Å². The lowest BCUT2D eigenvalue weighted by atomic mass is 10.1. The van der Waals surface area contributed by atoms with Crippen LogP contribution in [-0.2, 0) is 17.7 Å². The Morgan fingerprint density at radius 1 is 1.06 bits per heavy atom. The summed E-state index contributed by atoms with van der Waals surface area (Å²) in [6.07, 6.45) is 2.26. The Morgan fingerprint density at radius 2 is 1.75 bits per heavy atom. The molecule has 90 valence electrons. The number of ether oxygens (including phenoxy) is 1. The van der Waals surface area contributed by atoms with Crippen molar-refractivity contribution in [3.05, 3.63) is 35.4 Å². The molecular weight excluding hydrogens is 198 g/mol. The van der Waals surface area contributed by atoms with Gasteiger partial charge >= 0.3 is 0 Å². The van der Waals surface area contributed by atoms with E-state index in [-0.39, 0.29) is 0 Å². The van der Waals surface area contributed by atoms with Crippen LogP contribution in [-0.4, -0.2) is 19.8 Å². The average Bonchev–Trinajstić information content (AvgIpc) is 2.34. The van der Waals surface area contributed by atoms with Crippen molar-refractivity contribution in [2.75, 3.05) is 19.8 Å². The van der Waals surface area contributed by atoms with Crippen molar-refractivity contribution in [3.8, 4) is 0 Å². The molecule has 0 saturated heterocycles. The van der Waals surface area contributed by atoms with Gasteiger partial charge in [0.15, 0.2) is 0 Å². The molecule has 0 heterocycles. The Balaban J connectivity index is 2.12. The molecule has 0 amide bonds. The smallest absolute Gasteiger partial charge is 0.101 e. The zero-order valence-corrected chi connectivity index (χ0v) is 10.5. The van der Waals surface area contributed by atoms with Crippen molar-refractivity contribution in [2.24, 2.45) is 0 Å². The van der Waals surface area contributed by atoms with E-state index in [0.29, 0.717) is 0 Å². The van der Waals surface area contributed by atoms with Crippen molar-refractivity contribution in [1.29, 1.82) is 0 Å². The maximum absolute atomic E-state index is 5.30. The quantitative estimate of drug-likeness (QED) is 0.666. The highest BCUT2D eigenvalue weighted by atomic mass is 16.5. The van der Waals surface area contributed by atoms with Gasteiger partial charge in [0, 0.05) is 18.6 Å². The van der Waals surface area contributed by atoms with Crippen LogP contribution in [0.3, 0.4) is 0 Å². The van der Waals surface area contributed by atoms with Crippen molar-refractivity contribution < 1.29 is 10.1 Å². The zero-order chi connectivity index (χ0) is 11.6. The van der Waals surface area contributed by atoms with Crippen LogP contribution in [0, 0.1) is 0 Å². The lowest BCUT2D eigenvalue weighted by molar-refractivity contribution is -0.671. The lowest BCUT2D eigenvalue weighted by Crippen LogP contribution is -2.82. The molecule has 2 N–H and O–H groups in total. The van der Waals surface area contributed by atoms with E-state index in [9.17, 15) is 0 Å². The Hall–Kier alpha value is -0.860. The van der Waals surface area contributed by atoms with E-state index in [0.717, 1.165) is 39.1 Å². The van der Waals surface area contributed by atoms with E-state index in [4.69, 9.17) is 4.74 Å². The van der Waals surface area contributed by atoms with Gasteiger partial charge in [0.2, 0.25) is 0 Å². The van der Waals surface area contributed by atoms with Crippen LogP contribution in [0.25, 0.3) is 0 Å². The molecule has 0 fully saturated rings. The van der Waals surface area contributed by atoms with E-state index in [1.807, 2.05) is 6.92 Å². The Bertz CT molecular complexity index is 269. The summed E-state index contributed by atoms with van der Waals surface area (Å²) in [6.45, 7) is 8.18. The summed E-state index contributed by atoms with van der Waals surface area (Å²) < 4.78 is 5.30. The molecule has 2 nitrogen and oxygen atoms in total. The van der Waals surface area contributed by atoms with Crippen molar-refractivity contribution in [3.63, 3.8) is 0 Å². The monoisotopic (exact) mass is 222 g/mol. The molecule has 0 aliphatic rings. The van der Waals surface area contributed by atoms with Gasteiger partial charge in [0.25, 0.3) is 0 Å². The highest BCUT2D eigenvalue weighted by Crippen LogP contribution is 2.03. The van der Waals surface area contributed by atoms with Gasteiger partial charge in [-0.05, 0) is 18.9 Å². The molecule has 0 radical (unpaired) electrons. The second kappa shape index (κ2) is 8.31. The van der Waals surface area contributed by atoms with Crippen LogP contribution in [0.15, 0.2) is 24.3 Å². The molecule has 0 saturated carbocycles. The van der Waals surface area contributed by atoms with E-state index < -0.39 is 0 Å². The first-order valence-electron chi connectivity index (χ1n) is 6.34. The molecule has 0 spiro atoms. The molecule has 1 rings (SSSR count). The minimum Gasteiger partial charge on any atom is -0.382 e. The largest absolute Gasteiger partial charge is 0.382 e. The van der Waals surface area contributed by atoms with Gasteiger partial charge in [-0.3, -0.25) is 0 Å². The van der Waals surface area contributed by atoms with Gasteiger partial charge in [-0.2, -0.15) is 0 Å². The first-order valence-corrected chi connectivity index (χ1v) is 6.34. The summed E-state index contributed by atoms with van der Waals surface area (Å²) >= 11 is 0. The normalized spacial score (nSPS) is 10.6. The average molecular weight is 222 g/mol. The highest BCUT2D eigenvalue weighted by Gasteiger charge is 1.96. The Morgan fingerprint density at radius 3 is 2.38 bits per heavy atom. The number of benzene rings is 1. The predicted octanol–water partition coefficient (Wildman–Crippen LogP) is 1.74. The standard InChI is InChI=1S/C14H23NO/c1-3-13-6-8-14(9-7-13)12-15-10-5-11-16-4-2/h6-9,15H,3-5,10-12H2,1-2H3/p+1. The summed E-state index contributed by atoms with van der Waals surface area (Å²) in [6, 6.07) is 8.92. The van der Waals surface area contributed by atoms with Crippen LogP contribution < -0.4 is 5.32 Å². The van der Waals surface area contributed by atoms with Crippen LogP contribution in [0.4, 0.5) is 0 Å². The maximum atomic E-state index is 5.30. The van der Waals surface area contributed by atoms with Crippen LogP contribution in [0.5, 0.6) is 0 Å². The van der Waals surface area contributed by atoms with Crippen LogP contribution in [0.2, 0.25) is 0 Å². The third-order valence-corrected chi connectivity index (χ3v) is 2.71. The second-order valence-corrected chi connectivity index (χ2v) is 4.00. The van der Waals surface area contributed by atoms with Crippen molar-refractivity contribution in [1.82, 2.24) is 0 Å². The van der Waals surface area contributed by atoms with Crippen molar-refractivity contribution >= 4 is 0 Å². The maximum Gasteiger partial charge on any atom is 0.101 e. The minimum atomic E-state index is 0.832. The molecule has 16 heavy (non-hydrogen) atoms. The number of rotatable bonds is 8. The molecule has 0 aromatic heterocycles. The van der Waals surface area contributed by atoms with E-state index >= 15 is 0 Å². The minimum absolute atomic E-state index is 0.832.